The first kappa shape index (κ1) is 8.41. The van der Waals surface area contributed by atoms with Gasteiger partial charge in [-0.1, -0.05) is 0 Å². The van der Waals surface area contributed by atoms with E-state index in [1.165, 1.54) is 0 Å². The van der Waals surface area contributed by atoms with Gasteiger partial charge in [0.25, 0.3) is 0 Å². The van der Waals surface area contributed by atoms with Gasteiger partial charge in [-0.25, -0.2) is 4.79 Å². The highest BCUT2D eigenvalue weighted by molar-refractivity contribution is 5.78. The van der Waals surface area contributed by atoms with Crippen molar-refractivity contribution in [2.24, 2.45) is 0 Å². The van der Waals surface area contributed by atoms with E-state index in [-0.39, 0.29) is 6.54 Å². The summed E-state index contributed by atoms with van der Waals surface area (Å²) < 4.78 is 0. The van der Waals surface area contributed by atoms with E-state index >= 15 is 0 Å². The van der Waals surface area contributed by atoms with Gasteiger partial charge in [0.2, 0.25) is 5.72 Å². The average Bonchev–Trinajstić information content (AvgIpc) is 2.18. The van der Waals surface area contributed by atoms with Gasteiger partial charge in [0.1, 0.15) is 6.10 Å². The van der Waals surface area contributed by atoms with Crippen LogP contribution in [0.25, 0.3) is 0 Å². The first-order valence-corrected chi connectivity index (χ1v) is 3.05. The number of carbonyl (C=O) groups is 1. The van der Waals surface area contributed by atoms with E-state index in [1.807, 2.05) is 0 Å². The van der Waals surface area contributed by atoms with Gasteiger partial charge in [0.15, 0.2) is 0 Å². The number of aliphatic carboxylic acids is 1. The van der Waals surface area contributed by atoms with Crippen molar-refractivity contribution in [1.29, 1.82) is 0 Å². The maximum atomic E-state index is 10.3. The predicted octanol–water partition coefficient (Wildman–Crippen LogP) is -2.92. The second-order valence-corrected chi connectivity index (χ2v) is 2.46. The van der Waals surface area contributed by atoms with Crippen LogP contribution in [0.1, 0.15) is 0 Å². The molecule has 0 aromatic heterocycles. The number of carboxylic acid groups (broad SMARTS) is 1. The summed E-state index contributed by atoms with van der Waals surface area (Å²) in [7, 11) is 0. The zero-order valence-electron chi connectivity index (χ0n) is 5.56. The monoisotopic (exact) mass is 163 g/mol. The third-order valence-corrected chi connectivity index (χ3v) is 1.70. The third kappa shape index (κ3) is 1.10. The van der Waals surface area contributed by atoms with Crippen LogP contribution in [0.15, 0.2) is 0 Å². The van der Waals surface area contributed by atoms with Crippen molar-refractivity contribution < 1.29 is 25.2 Å². The molecule has 6 nitrogen and oxygen atoms in total. The number of β-amino-alcohol motifs (C(OH)–C–C–N with tert-alkyl or cyclic N) is 1. The zero-order chi connectivity index (χ0) is 8.65. The maximum absolute atomic E-state index is 10.3. The molecule has 0 amide bonds. The molecule has 1 rings (SSSR count). The molecule has 0 aromatic carbocycles. The first-order valence-electron chi connectivity index (χ1n) is 3.05. The highest BCUT2D eigenvalue weighted by Gasteiger charge is 2.52. The van der Waals surface area contributed by atoms with E-state index in [1.54, 1.807) is 0 Å². The summed E-state index contributed by atoms with van der Waals surface area (Å²) in [6.07, 6.45) is -2.92. The fourth-order valence-corrected chi connectivity index (χ4v) is 0.957. The number of hydrogen-bond donors (Lipinski definition) is 5. The smallest absolute Gasteiger partial charge is 0.354 e. The molecule has 0 spiro atoms. The molecule has 0 unspecified atom stereocenters. The fraction of sp³-hybridized carbons (Fsp3) is 0.800. The van der Waals surface area contributed by atoms with Crippen molar-refractivity contribution in [2.75, 3.05) is 6.54 Å². The van der Waals surface area contributed by atoms with E-state index in [2.05, 4.69) is 5.32 Å². The highest BCUT2D eigenvalue weighted by Crippen LogP contribution is 2.17. The normalized spacial score (nSPS) is 44.3. The Morgan fingerprint density at radius 3 is 2.27 bits per heavy atom. The lowest BCUT2D eigenvalue weighted by atomic mass is 10.1. The van der Waals surface area contributed by atoms with Crippen LogP contribution >= 0.6 is 0 Å². The van der Waals surface area contributed by atoms with E-state index < -0.39 is 23.9 Å². The Hall–Kier alpha value is -0.690. The van der Waals surface area contributed by atoms with Crippen LogP contribution in [0.5, 0.6) is 0 Å². The number of carboxylic acids is 1. The van der Waals surface area contributed by atoms with Crippen molar-refractivity contribution in [3.05, 3.63) is 0 Å². The van der Waals surface area contributed by atoms with Crippen molar-refractivity contribution in [1.82, 2.24) is 5.32 Å². The largest absolute Gasteiger partial charge is 0.478 e. The Bertz CT molecular complexity index is 184. The molecule has 11 heavy (non-hydrogen) atoms. The van der Waals surface area contributed by atoms with Crippen LogP contribution in [0, 0.1) is 0 Å². The highest BCUT2D eigenvalue weighted by atomic mass is 16.4. The summed E-state index contributed by atoms with van der Waals surface area (Å²) in [6.45, 7) is -0.135. The van der Waals surface area contributed by atoms with E-state index in [4.69, 9.17) is 20.4 Å². The molecular weight excluding hydrogens is 154 g/mol. The topological polar surface area (TPSA) is 110 Å². The predicted molar refractivity (Wildman–Crippen MR) is 32.6 cm³/mol. The molecule has 3 atom stereocenters. The Kier molecular flexibility index (Phi) is 1.85. The molecular formula is C5H9NO5. The second-order valence-electron chi connectivity index (χ2n) is 2.46. The Labute approximate surface area is 62.1 Å². The van der Waals surface area contributed by atoms with Gasteiger partial charge in [-0.2, -0.15) is 0 Å². The van der Waals surface area contributed by atoms with Gasteiger partial charge in [0, 0.05) is 6.54 Å². The van der Waals surface area contributed by atoms with Gasteiger partial charge < -0.3 is 20.4 Å². The Balaban J connectivity index is 2.81. The van der Waals surface area contributed by atoms with E-state index in [9.17, 15) is 4.79 Å². The lowest BCUT2D eigenvalue weighted by molar-refractivity contribution is -0.175. The molecule has 5 N–H and O–H groups in total. The molecule has 1 saturated heterocycles. The van der Waals surface area contributed by atoms with Crippen molar-refractivity contribution in [2.45, 2.75) is 17.9 Å². The van der Waals surface area contributed by atoms with Crippen LogP contribution in [0.2, 0.25) is 0 Å². The van der Waals surface area contributed by atoms with E-state index in [0.29, 0.717) is 0 Å². The minimum atomic E-state index is -2.40. The summed E-state index contributed by atoms with van der Waals surface area (Å²) in [4.78, 5) is 10.3. The fourth-order valence-electron chi connectivity index (χ4n) is 0.957. The van der Waals surface area contributed by atoms with Crippen LogP contribution in [-0.2, 0) is 4.79 Å². The molecule has 6 heteroatoms. The number of aliphatic hydroxyl groups is 3. The molecule has 1 aliphatic heterocycles. The van der Waals surface area contributed by atoms with Crippen LogP contribution in [0.3, 0.4) is 0 Å². The minimum Gasteiger partial charge on any atom is -0.478 e. The zero-order valence-corrected chi connectivity index (χ0v) is 5.56. The lowest BCUT2D eigenvalue weighted by Gasteiger charge is -2.21. The summed E-state index contributed by atoms with van der Waals surface area (Å²) in [5, 5.41) is 37.3. The SMILES string of the molecule is O=C(O)[C@]1(O)NC[C@@H](O)[C@H]1O. The molecule has 1 heterocycles. The number of hydrogen-bond acceptors (Lipinski definition) is 5. The molecule has 0 aliphatic carbocycles. The van der Waals surface area contributed by atoms with Crippen LogP contribution in [0.4, 0.5) is 0 Å². The number of nitrogens with one attached hydrogen (secondary N) is 1. The van der Waals surface area contributed by atoms with Crippen molar-refractivity contribution in [3.63, 3.8) is 0 Å². The number of aliphatic hydroxyl groups excluding tert-OH is 2. The summed E-state index contributed by atoms with van der Waals surface area (Å²) in [5.41, 5.74) is -2.40. The third-order valence-electron chi connectivity index (χ3n) is 1.70. The first-order chi connectivity index (χ1) is 4.98. The van der Waals surface area contributed by atoms with E-state index in [0.717, 1.165) is 0 Å². The summed E-state index contributed by atoms with van der Waals surface area (Å²) >= 11 is 0. The Morgan fingerprint density at radius 1 is 1.55 bits per heavy atom. The second kappa shape index (κ2) is 2.42. The molecule has 0 saturated carbocycles. The lowest BCUT2D eigenvalue weighted by Crippen LogP contribution is -2.55. The van der Waals surface area contributed by atoms with Gasteiger partial charge in [0.05, 0.1) is 6.10 Å². The van der Waals surface area contributed by atoms with Gasteiger partial charge in [-0.05, 0) is 0 Å². The molecule has 0 aromatic rings. The molecule has 1 fully saturated rings. The number of rotatable bonds is 1. The summed E-state index contributed by atoms with van der Waals surface area (Å²) in [5.74, 6) is -1.60. The van der Waals surface area contributed by atoms with Crippen molar-refractivity contribution in [3.8, 4) is 0 Å². The van der Waals surface area contributed by atoms with Crippen LogP contribution in [-0.4, -0.2) is 50.9 Å². The van der Waals surface area contributed by atoms with Gasteiger partial charge >= 0.3 is 5.97 Å². The molecule has 0 bridgehead atoms. The average molecular weight is 163 g/mol. The van der Waals surface area contributed by atoms with Gasteiger partial charge in [-0.3, -0.25) is 5.32 Å². The molecule has 64 valence electrons. The quantitative estimate of drug-likeness (QED) is 0.283. The standard InChI is InChI=1S/C5H9NO5/c7-2-1-6-5(11,3(2)8)4(9)10/h2-3,6-8,11H,1H2,(H,9,10)/t2-,3-,5+/m1/s1. The van der Waals surface area contributed by atoms with Crippen molar-refractivity contribution >= 4 is 5.97 Å². The van der Waals surface area contributed by atoms with Gasteiger partial charge in [-0.15, -0.1) is 0 Å². The van der Waals surface area contributed by atoms with Crippen LogP contribution < -0.4 is 5.32 Å². The molecule has 1 aliphatic rings. The Morgan fingerprint density at radius 2 is 2.09 bits per heavy atom. The molecule has 0 radical (unpaired) electrons. The summed E-state index contributed by atoms with van der Waals surface area (Å²) in [6, 6.07) is 0. The minimum absolute atomic E-state index is 0.135. The maximum Gasteiger partial charge on any atom is 0.354 e.